The molecule has 2 aromatic rings. The Labute approximate surface area is 142 Å². The quantitative estimate of drug-likeness (QED) is 0.421. The van der Waals surface area contributed by atoms with Crippen molar-refractivity contribution in [3.63, 3.8) is 0 Å². The molecule has 0 saturated carbocycles. The number of hydrogen-bond donors (Lipinski definition) is 0. The molecule has 0 aromatic heterocycles. The summed E-state index contributed by atoms with van der Waals surface area (Å²) < 4.78 is 69.1. The monoisotopic (exact) mass is 376 g/mol. The molecule has 0 heterocycles. The second-order valence-corrected chi connectivity index (χ2v) is 7.03. The third-order valence-corrected chi connectivity index (χ3v) is 4.44. The van der Waals surface area contributed by atoms with Gasteiger partial charge in [0, 0.05) is 5.39 Å². The minimum absolute atomic E-state index is 0.0284. The summed E-state index contributed by atoms with van der Waals surface area (Å²) in [6.07, 6.45) is 0.487. The van der Waals surface area contributed by atoms with Crippen LogP contribution in [0.1, 0.15) is 12.5 Å². The summed E-state index contributed by atoms with van der Waals surface area (Å²) in [7, 11) is -5.75. The lowest BCUT2D eigenvalue weighted by atomic mass is 9.96. The van der Waals surface area contributed by atoms with E-state index in [9.17, 15) is 26.4 Å². The minimum atomic E-state index is -5.75. The van der Waals surface area contributed by atoms with Crippen LogP contribution in [0.3, 0.4) is 0 Å². The third kappa shape index (κ3) is 4.41. The van der Waals surface area contributed by atoms with E-state index in [1.807, 2.05) is 6.92 Å². The molecular formula is C16H15F3O5S. The van der Waals surface area contributed by atoms with Gasteiger partial charge in [-0.2, -0.15) is 21.6 Å². The number of alkyl halides is 3. The third-order valence-electron chi connectivity index (χ3n) is 3.47. The van der Waals surface area contributed by atoms with Crippen LogP contribution in [0.2, 0.25) is 0 Å². The molecule has 0 aliphatic carbocycles. The molecule has 25 heavy (non-hydrogen) atoms. The standard InChI is InChI=1S/C16H15F3O5S/c1-11(9-23-10-20)8-12-6-7-15(14-5-3-2-4-13(12)14)24-25(21,22)16(17,18)19/h2-7,10-11H,8-9H2,1H3/t11-/m1/s1. The van der Waals surface area contributed by atoms with E-state index in [1.165, 1.54) is 18.2 Å². The van der Waals surface area contributed by atoms with Gasteiger partial charge >= 0.3 is 15.6 Å². The Kier molecular flexibility index (Phi) is 5.56. The number of hydrogen-bond acceptors (Lipinski definition) is 5. The average Bonchev–Trinajstić information content (AvgIpc) is 2.54. The van der Waals surface area contributed by atoms with Crippen LogP contribution < -0.4 is 4.18 Å². The van der Waals surface area contributed by atoms with E-state index < -0.39 is 21.4 Å². The van der Waals surface area contributed by atoms with Crippen LogP contribution in [0, 0.1) is 5.92 Å². The van der Waals surface area contributed by atoms with Gasteiger partial charge in [-0.25, -0.2) is 0 Å². The summed E-state index contributed by atoms with van der Waals surface area (Å²) in [5.74, 6) is -0.423. The Bertz CT molecular complexity index is 862. The highest BCUT2D eigenvalue weighted by atomic mass is 32.2. The van der Waals surface area contributed by atoms with Gasteiger partial charge in [0.2, 0.25) is 0 Å². The molecule has 2 rings (SSSR count). The van der Waals surface area contributed by atoms with Crippen molar-refractivity contribution in [2.75, 3.05) is 6.61 Å². The van der Waals surface area contributed by atoms with Crippen LogP contribution in [0.5, 0.6) is 5.75 Å². The minimum Gasteiger partial charge on any atom is -0.468 e. The average molecular weight is 376 g/mol. The van der Waals surface area contributed by atoms with Gasteiger partial charge in [-0.1, -0.05) is 37.3 Å². The van der Waals surface area contributed by atoms with Crippen LogP contribution in [-0.2, 0) is 26.1 Å². The molecule has 0 saturated heterocycles. The molecule has 0 bridgehead atoms. The number of halogens is 3. The predicted molar refractivity (Wildman–Crippen MR) is 84.4 cm³/mol. The van der Waals surface area contributed by atoms with Crippen molar-refractivity contribution in [3.05, 3.63) is 42.0 Å². The normalized spacial score (nSPS) is 13.4. The Morgan fingerprint density at radius 3 is 2.36 bits per heavy atom. The molecule has 0 fully saturated rings. The van der Waals surface area contributed by atoms with E-state index in [0.717, 1.165) is 5.56 Å². The van der Waals surface area contributed by atoms with E-state index in [0.29, 0.717) is 18.3 Å². The molecule has 0 aliphatic heterocycles. The lowest BCUT2D eigenvalue weighted by Gasteiger charge is -2.15. The van der Waals surface area contributed by atoms with E-state index >= 15 is 0 Å². The lowest BCUT2D eigenvalue weighted by molar-refractivity contribution is -0.129. The molecule has 136 valence electrons. The van der Waals surface area contributed by atoms with Crippen LogP contribution in [0.25, 0.3) is 10.8 Å². The number of fused-ring (bicyclic) bond motifs is 1. The maximum atomic E-state index is 12.5. The molecule has 5 nitrogen and oxygen atoms in total. The predicted octanol–water partition coefficient (Wildman–Crippen LogP) is 3.42. The zero-order valence-electron chi connectivity index (χ0n) is 13.1. The van der Waals surface area contributed by atoms with Crippen molar-refractivity contribution in [1.82, 2.24) is 0 Å². The summed E-state index contributed by atoms with van der Waals surface area (Å²) in [5.41, 5.74) is -4.73. The van der Waals surface area contributed by atoms with Gasteiger partial charge in [0.05, 0.1) is 6.61 Å². The molecule has 0 radical (unpaired) electrons. The van der Waals surface area contributed by atoms with Crippen LogP contribution in [0.15, 0.2) is 36.4 Å². The van der Waals surface area contributed by atoms with E-state index in [2.05, 4.69) is 4.18 Å². The van der Waals surface area contributed by atoms with Gasteiger partial charge in [-0.15, -0.1) is 0 Å². The molecule has 1 atom stereocenters. The van der Waals surface area contributed by atoms with Gasteiger partial charge in [-0.05, 0) is 29.4 Å². The fourth-order valence-electron chi connectivity index (χ4n) is 2.39. The number of benzene rings is 2. The van der Waals surface area contributed by atoms with Crippen molar-refractivity contribution in [1.29, 1.82) is 0 Å². The number of rotatable bonds is 7. The largest absolute Gasteiger partial charge is 0.534 e. The molecule has 0 unspecified atom stereocenters. The number of carbonyl (C=O) groups is 1. The highest BCUT2D eigenvalue weighted by molar-refractivity contribution is 7.88. The maximum Gasteiger partial charge on any atom is 0.534 e. The van der Waals surface area contributed by atoms with Crippen molar-refractivity contribution in [2.45, 2.75) is 18.9 Å². The second kappa shape index (κ2) is 7.30. The Morgan fingerprint density at radius 1 is 1.12 bits per heavy atom. The SMILES string of the molecule is C[C@@H](COC=O)Cc1ccc(OS(=O)(=O)C(F)(F)F)c2ccccc12. The lowest BCUT2D eigenvalue weighted by Crippen LogP contribution is -2.28. The smallest absolute Gasteiger partial charge is 0.468 e. The topological polar surface area (TPSA) is 69.7 Å². The number of ether oxygens (including phenoxy) is 1. The zero-order valence-corrected chi connectivity index (χ0v) is 13.9. The summed E-state index contributed by atoms with van der Waals surface area (Å²) in [6.45, 7) is 2.38. The van der Waals surface area contributed by atoms with Crippen molar-refractivity contribution in [3.8, 4) is 5.75 Å². The van der Waals surface area contributed by atoms with E-state index in [-0.39, 0.29) is 17.9 Å². The van der Waals surface area contributed by atoms with Gasteiger partial charge in [0.15, 0.2) is 5.75 Å². The summed E-state index contributed by atoms with van der Waals surface area (Å²) >= 11 is 0. The number of carbonyl (C=O) groups excluding carboxylic acids is 1. The molecule has 9 heteroatoms. The van der Waals surface area contributed by atoms with Crippen LogP contribution in [0.4, 0.5) is 13.2 Å². The van der Waals surface area contributed by atoms with E-state index in [1.54, 1.807) is 18.2 Å². The Hall–Kier alpha value is -2.29. The first kappa shape index (κ1) is 19.0. The maximum absolute atomic E-state index is 12.5. The second-order valence-electron chi connectivity index (χ2n) is 5.49. The van der Waals surface area contributed by atoms with Crippen LogP contribution in [-0.4, -0.2) is 27.0 Å². The van der Waals surface area contributed by atoms with Crippen LogP contribution >= 0.6 is 0 Å². The molecule has 0 aliphatic rings. The van der Waals surface area contributed by atoms with Crippen molar-refractivity contribution < 1.29 is 35.3 Å². The fourth-order valence-corrected chi connectivity index (χ4v) is 2.86. The first-order valence-electron chi connectivity index (χ1n) is 7.22. The highest BCUT2D eigenvalue weighted by Gasteiger charge is 2.48. The van der Waals surface area contributed by atoms with Crippen molar-refractivity contribution in [2.24, 2.45) is 5.92 Å². The zero-order chi connectivity index (χ0) is 18.7. The summed E-state index contributed by atoms with van der Waals surface area (Å²) in [6, 6.07) is 9.07. The van der Waals surface area contributed by atoms with Gasteiger partial charge in [0.1, 0.15) is 0 Å². The van der Waals surface area contributed by atoms with Gasteiger partial charge < -0.3 is 8.92 Å². The first-order chi connectivity index (χ1) is 11.7. The molecule has 0 amide bonds. The molecule has 0 spiro atoms. The van der Waals surface area contributed by atoms with E-state index in [4.69, 9.17) is 4.74 Å². The Balaban J connectivity index is 2.40. The summed E-state index contributed by atoms with van der Waals surface area (Å²) in [4.78, 5) is 10.2. The molecule has 0 N–H and O–H groups in total. The van der Waals surface area contributed by atoms with Gasteiger partial charge in [-0.3, -0.25) is 4.79 Å². The van der Waals surface area contributed by atoms with Gasteiger partial charge in [0.25, 0.3) is 6.47 Å². The first-order valence-corrected chi connectivity index (χ1v) is 8.63. The fraction of sp³-hybridized carbons (Fsp3) is 0.312. The molecule has 2 aromatic carbocycles. The molecular weight excluding hydrogens is 361 g/mol. The summed E-state index contributed by atoms with van der Waals surface area (Å²) in [5, 5.41) is 0.812. The highest BCUT2D eigenvalue weighted by Crippen LogP contribution is 2.34. The Morgan fingerprint density at radius 2 is 1.76 bits per heavy atom. The van der Waals surface area contributed by atoms with Crippen molar-refractivity contribution >= 4 is 27.4 Å².